The van der Waals surface area contributed by atoms with E-state index in [-0.39, 0.29) is 30.6 Å². The summed E-state index contributed by atoms with van der Waals surface area (Å²) in [5.41, 5.74) is 0.0698. The molecule has 5 rings (SSSR count). The predicted molar refractivity (Wildman–Crippen MR) is 127 cm³/mol. The number of amides is 4. The van der Waals surface area contributed by atoms with Gasteiger partial charge in [-0.3, -0.25) is 24.5 Å². The van der Waals surface area contributed by atoms with Crippen LogP contribution in [0, 0.1) is 16.0 Å². The Labute approximate surface area is 205 Å². The molecule has 2 saturated heterocycles. The Kier molecular flexibility index (Phi) is 5.94. The number of nitrogens with zero attached hydrogens (tertiary/aromatic N) is 4. The van der Waals surface area contributed by atoms with Crippen molar-refractivity contribution in [2.24, 2.45) is 5.92 Å². The van der Waals surface area contributed by atoms with Crippen molar-refractivity contribution in [2.45, 2.75) is 37.8 Å². The molecule has 0 aliphatic carbocycles. The van der Waals surface area contributed by atoms with Gasteiger partial charge in [0.15, 0.2) is 0 Å². The zero-order chi connectivity index (χ0) is 25.6. The molecule has 0 radical (unpaired) electrons. The van der Waals surface area contributed by atoms with Crippen LogP contribution in [0.25, 0.3) is 0 Å². The minimum Gasteiger partial charge on any atom is -0.497 e. The molecule has 0 spiro atoms. The van der Waals surface area contributed by atoms with E-state index in [2.05, 4.69) is 5.32 Å². The third-order valence-electron chi connectivity index (χ3n) is 7.13. The normalized spacial score (nSPS) is 22.8. The number of fused-ring (bicyclic) bond motifs is 4. The molecule has 2 fully saturated rings. The number of likely N-dealkylation sites (tertiary alicyclic amines) is 1. The summed E-state index contributed by atoms with van der Waals surface area (Å²) in [6, 6.07) is 8.06. The molecule has 12 heteroatoms. The third kappa shape index (κ3) is 4.08. The fourth-order valence-electron chi connectivity index (χ4n) is 5.41. The first-order valence-electron chi connectivity index (χ1n) is 11.7. The van der Waals surface area contributed by atoms with Gasteiger partial charge in [-0.25, -0.2) is 9.69 Å². The Balaban J connectivity index is 1.23. The van der Waals surface area contributed by atoms with Gasteiger partial charge in [-0.1, -0.05) is 0 Å². The number of piperidine rings is 1. The van der Waals surface area contributed by atoms with Gasteiger partial charge in [-0.05, 0) is 49.1 Å². The number of hydrogen-bond donors (Lipinski definition) is 1. The topological polar surface area (TPSA) is 144 Å². The number of pyridine rings is 1. The van der Waals surface area contributed by atoms with Gasteiger partial charge in [0, 0.05) is 43.7 Å². The summed E-state index contributed by atoms with van der Waals surface area (Å²) in [5.74, 6) is -0.0210. The Morgan fingerprint density at radius 2 is 1.86 bits per heavy atom. The first kappa shape index (κ1) is 23.5. The number of carbonyl (C=O) groups is 3. The number of methoxy groups -OCH3 is 1. The van der Waals surface area contributed by atoms with Crippen molar-refractivity contribution >= 4 is 29.2 Å². The SMILES string of the molecule is COc1ccc(N2C(=O)NC(CCC(=O)N3CC4CC(C3)c3ccc([N+](=O)[O-])c(=O)n3C4)C2=O)cc1. The van der Waals surface area contributed by atoms with Crippen LogP contribution in [-0.4, -0.2) is 58.5 Å². The quantitative estimate of drug-likeness (QED) is 0.364. The first-order valence-corrected chi connectivity index (χ1v) is 11.7. The number of aromatic nitrogens is 1. The van der Waals surface area contributed by atoms with E-state index in [1.807, 2.05) is 0 Å². The number of anilines is 1. The maximum atomic E-state index is 13.0. The molecule has 188 valence electrons. The van der Waals surface area contributed by atoms with Crippen molar-refractivity contribution in [1.29, 1.82) is 0 Å². The van der Waals surface area contributed by atoms with Gasteiger partial charge in [0.2, 0.25) is 5.91 Å². The molecule has 2 aromatic rings. The molecule has 4 heterocycles. The zero-order valence-electron chi connectivity index (χ0n) is 19.6. The van der Waals surface area contributed by atoms with Gasteiger partial charge in [-0.15, -0.1) is 0 Å². The number of rotatable bonds is 6. The fraction of sp³-hybridized carbons (Fsp3) is 0.417. The lowest BCUT2D eigenvalue weighted by molar-refractivity contribution is -0.386. The number of nitrogens with one attached hydrogen (secondary N) is 1. The van der Waals surface area contributed by atoms with E-state index < -0.39 is 34.2 Å². The van der Waals surface area contributed by atoms with Crippen molar-refractivity contribution in [3.8, 4) is 5.75 Å². The summed E-state index contributed by atoms with van der Waals surface area (Å²) in [7, 11) is 1.52. The van der Waals surface area contributed by atoms with Crippen molar-refractivity contribution in [3.05, 3.63) is 62.6 Å². The number of imide groups is 1. The highest BCUT2D eigenvalue weighted by molar-refractivity contribution is 6.21. The van der Waals surface area contributed by atoms with Crippen LogP contribution in [0.4, 0.5) is 16.2 Å². The Bertz CT molecular complexity index is 1300. The number of ether oxygens (including phenoxy) is 1. The monoisotopic (exact) mass is 495 g/mol. The molecule has 3 atom stereocenters. The summed E-state index contributed by atoms with van der Waals surface area (Å²) in [5, 5.41) is 13.8. The second-order valence-corrected chi connectivity index (χ2v) is 9.33. The summed E-state index contributed by atoms with van der Waals surface area (Å²) >= 11 is 0. The van der Waals surface area contributed by atoms with E-state index >= 15 is 0 Å². The number of carbonyl (C=O) groups excluding carboxylic acids is 3. The lowest BCUT2D eigenvalue weighted by atomic mass is 9.83. The largest absolute Gasteiger partial charge is 0.497 e. The van der Waals surface area contributed by atoms with Crippen molar-refractivity contribution in [3.63, 3.8) is 0 Å². The van der Waals surface area contributed by atoms with Gasteiger partial charge in [-0.2, -0.15) is 0 Å². The van der Waals surface area contributed by atoms with Crippen LogP contribution in [-0.2, 0) is 16.1 Å². The Morgan fingerprint density at radius 1 is 1.11 bits per heavy atom. The molecule has 1 N–H and O–H groups in total. The maximum Gasteiger partial charge on any atom is 0.334 e. The third-order valence-corrected chi connectivity index (χ3v) is 7.13. The molecule has 0 saturated carbocycles. The maximum absolute atomic E-state index is 13.0. The van der Waals surface area contributed by atoms with E-state index in [4.69, 9.17) is 4.74 Å². The zero-order valence-corrected chi connectivity index (χ0v) is 19.6. The van der Waals surface area contributed by atoms with Crippen LogP contribution in [0.3, 0.4) is 0 Å². The fourth-order valence-corrected chi connectivity index (χ4v) is 5.41. The van der Waals surface area contributed by atoms with Gasteiger partial charge in [0.1, 0.15) is 11.8 Å². The lowest BCUT2D eigenvalue weighted by Crippen LogP contribution is -2.49. The highest BCUT2D eigenvalue weighted by Gasteiger charge is 2.41. The van der Waals surface area contributed by atoms with E-state index in [1.54, 1.807) is 35.2 Å². The lowest BCUT2D eigenvalue weighted by Gasteiger charge is -2.42. The molecule has 12 nitrogen and oxygen atoms in total. The van der Waals surface area contributed by atoms with Crippen LogP contribution >= 0.6 is 0 Å². The second kappa shape index (κ2) is 9.10. The van der Waals surface area contributed by atoms with Crippen LogP contribution in [0.2, 0.25) is 0 Å². The molecule has 36 heavy (non-hydrogen) atoms. The molecule has 3 aliphatic rings. The minimum atomic E-state index is -0.798. The standard InChI is InChI=1S/C24H25N5O7/c1-36-17-4-2-16(3-5-17)28-22(31)18(25-24(28)33)6-9-21(30)26-11-14-10-15(13-26)19-7-8-20(29(34)35)23(32)27(19)12-14/h2-5,7-8,14-15,18H,6,9-13H2,1H3,(H,25,33). The first-order chi connectivity index (χ1) is 17.3. The second-order valence-electron chi connectivity index (χ2n) is 9.33. The van der Waals surface area contributed by atoms with Gasteiger partial charge < -0.3 is 19.5 Å². The van der Waals surface area contributed by atoms with Crippen LogP contribution in [0.15, 0.2) is 41.2 Å². The molecule has 3 unspecified atom stereocenters. The number of urea groups is 1. The number of nitro groups is 1. The molecular formula is C24H25N5O7. The van der Waals surface area contributed by atoms with Crippen molar-refractivity contribution in [2.75, 3.05) is 25.1 Å². The highest BCUT2D eigenvalue weighted by Crippen LogP contribution is 2.36. The van der Waals surface area contributed by atoms with E-state index in [0.717, 1.165) is 11.3 Å². The number of hydrogen-bond acceptors (Lipinski definition) is 7. The predicted octanol–water partition coefficient (Wildman–Crippen LogP) is 1.62. The highest BCUT2D eigenvalue weighted by atomic mass is 16.6. The molecular weight excluding hydrogens is 470 g/mol. The van der Waals surface area contributed by atoms with Crippen LogP contribution < -0.4 is 20.5 Å². The Hall–Kier alpha value is -4.22. The van der Waals surface area contributed by atoms with Crippen LogP contribution in [0.5, 0.6) is 5.75 Å². The van der Waals surface area contributed by atoms with Gasteiger partial charge in [0.25, 0.3) is 5.91 Å². The van der Waals surface area contributed by atoms with Crippen LogP contribution in [0.1, 0.15) is 30.9 Å². The average molecular weight is 495 g/mol. The molecule has 3 aliphatic heterocycles. The van der Waals surface area contributed by atoms with E-state index in [9.17, 15) is 29.3 Å². The molecule has 1 aromatic carbocycles. The minimum absolute atomic E-state index is 0.0123. The van der Waals surface area contributed by atoms with E-state index in [0.29, 0.717) is 36.8 Å². The summed E-state index contributed by atoms with van der Waals surface area (Å²) in [4.78, 5) is 64.1. The van der Waals surface area contributed by atoms with Crippen molar-refractivity contribution < 1.29 is 24.0 Å². The van der Waals surface area contributed by atoms with Crippen molar-refractivity contribution in [1.82, 2.24) is 14.8 Å². The summed E-state index contributed by atoms with van der Waals surface area (Å²) in [6.07, 6.45) is 1.05. The molecule has 1 aromatic heterocycles. The number of benzene rings is 1. The molecule has 2 bridgehead atoms. The smallest absolute Gasteiger partial charge is 0.334 e. The molecule has 4 amide bonds. The summed E-state index contributed by atoms with van der Waals surface area (Å²) < 4.78 is 6.58. The van der Waals surface area contributed by atoms with E-state index in [1.165, 1.54) is 17.7 Å². The van der Waals surface area contributed by atoms with Gasteiger partial charge in [0.05, 0.1) is 17.7 Å². The average Bonchev–Trinajstić information content (AvgIpc) is 3.15. The Morgan fingerprint density at radius 3 is 2.56 bits per heavy atom. The van der Waals surface area contributed by atoms with Gasteiger partial charge >= 0.3 is 17.3 Å². The summed E-state index contributed by atoms with van der Waals surface area (Å²) in [6.45, 7) is 1.16.